The molecule has 27 heavy (non-hydrogen) atoms. The fourth-order valence-electron chi connectivity index (χ4n) is 2.39. The SMILES string of the molecule is CCCCCCCCCCCCN(C)CCNC.O=S(=O)(O)OS(=O)(=O)O. The molecule has 0 aromatic rings. The van der Waals surface area contributed by atoms with Gasteiger partial charge in [0, 0.05) is 13.1 Å². The Kier molecular flexibility index (Phi) is 19.0. The van der Waals surface area contributed by atoms with Crippen LogP contribution in [0.2, 0.25) is 0 Å². The number of nitrogens with zero attached hydrogens (tertiary/aromatic N) is 1. The van der Waals surface area contributed by atoms with Crippen LogP contribution in [0.5, 0.6) is 0 Å². The number of hydrogen-bond donors (Lipinski definition) is 3. The maximum absolute atomic E-state index is 9.44. The van der Waals surface area contributed by atoms with Gasteiger partial charge in [-0.05, 0) is 27.1 Å². The van der Waals surface area contributed by atoms with Gasteiger partial charge >= 0.3 is 20.8 Å². The Morgan fingerprint density at radius 3 is 1.52 bits per heavy atom. The van der Waals surface area contributed by atoms with E-state index in [1.807, 2.05) is 7.05 Å². The topological polar surface area (TPSA) is 133 Å². The van der Waals surface area contributed by atoms with Crippen LogP contribution in [0.4, 0.5) is 0 Å². The van der Waals surface area contributed by atoms with Crippen LogP contribution in [0.15, 0.2) is 0 Å². The predicted octanol–water partition coefficient (Wildman–Crippen LogP) is 2.67. The molecular weight excluding hydrogens is 396 g/mol. The summed E-state index contributed by atoms with van der Waals surface area (Å²) in [5.41, 5.74) is 0. The highest BCUT2D eigenvalue weighted by Gasteiger charge is 2.15. The van der Waals surface area contributed by atoms with Gasteiger partial charge in [0.25, 0.3) is 0 Å². The first-order valence-electron chi connectivity index (χ1n) is 9.51. The highest BCUT2D eigenvalue weighted by Crippen LogP contribution is 2.10. The van der Waals surface area contributed by atoms with Crippen molar-refractivity contribution in [2.45, 2.75) is 71.1 Å². The lowest BCUT2D eigenvalue weighted by Crippen LogP contribution is -2.28. The van der Waals surface area contributed by atoms with Gasteiger partial charge in [-0.3, -0.25) is 9.11 Å². The van der Waals surface area contributed by atoms with Crippen molar-refractivity contribution in [1.29, 1.82) is 0 Å². The summed E-state index contributed by atoms with van der Waals surface area (Å²) in [5.74, 6) is 0. The van der Waals surface area contributed by atoms with E-state index in [9.17, 15) is 16.8 Å². The minimum absolute atomic E-state index is 1.11. The zero-order valence-electron chi connectivity index (χ0n) is 16.9. The van der Waals surface area contributed by atoms with E-state index in [1.54, 1.807) is 0 Å². The minimum atomic E-state index is -5.12. The molecule has 0 heterocycles. The van der Waals surface area contributed by atoms with Gasteiger partial charge in [-0.2, -0.15) is 16.8 Å². The number of unbranched alkanes of at least 4 members (excludes halogenated alkanes) is 9. The van der Waals surface area contributed by atoms with Crippen LogP contribution in [0.3, 0.4) is 0 Å². The van der Waals surface area contributed by atoms with Crippen molar-refractivity contribution in [3.05, 3.63) is 0 Å². The van der Waals surface area contributed by atoms with Crippen molar-refractivity contribution >= 4 is 20.8 Å². The van der Waals surface area contributed by atoms with Crippen LogP contribution in [0, 0.1) is 0 Å². The van der Waals surface area contributed by atoms with Crippen molar-refractivity contribution < 1.29 is 29.6 Å². The molecule has 0 fully saturated rings. The van der Waals surface area contributed by atoms with E-state index in [2.05, 4.69) is 27.8 Å². The monoisotopic (exact) mass is 434 g/mol. The average Bonchev–Trinajstić information content (AvgIpc) is 2.52. The van der Waals surface area contributed by atoms with Crippen LogP contribution in [0.25, 0.3) is 0 Å². The molecule has 9 nitrogen and oxygen atoms in total. The minimum Gasteiger partial charge on any atom is -0.318 e. The number of likely N-dealkylation sites (N-methyl/N-ethyl adjacent to an activating group) is 2. The van der Waals surface area contributed by atoms with Gasteiger partial charge in [-0.15, -0.1) is 3.63 Å². The summed E-state index contributed by atoms with van der Waals surface area (Å²) in [6.45, 7) is 5.83. The Labute approximate surface area is 165 Å². The lowest BCUT2D eigenvalue weighted by Gasteiger charge is -2.15. The third kappa shape index (κ3) is 30.7. The molecule has 0 atom stereocenters. The van der Waals surface area contributed by atoms with Gasteiger partial charge in [0.15, 0.2) is 0 Å². The van der Waals surface area contributed by atoms with E-state index in [0.29, 0.717) is 0 Å². The molecule has 0 aromatic heterocycles. The zero-order valence-corrected chi connectivity index (χ0v) is 18.5. The van der Waals surface area contributed by atoms with Crippen LogP contribution >= 0.6 is 0 Å². The van der Waals surface area contributed by atoms with Crippen molar-refractivity contribution in [1.82, 2.24) is 10.2 Å². The summed E-state index contributed by atoms with van der Waals surface area (Å²) in [5, 5.41) is 3.20. The second-order valence-electron chi connectivity index (χ2n) is 6.51. The largest absolute Gasteiger partial charge is 0.413 e. The third-order valence-corrected chi connectivity index (χ3v) is 5.18. The van der Waals surface area contributed by atoms with Gasteiger partial charge in [0.1, 0.15) is 0 Å². The molecule has 0 aliphatic carbocycles. The third-order valence-electron chi connectivity index (χ3n) is 3.81. The molecule has 11 heteroatoms. The molecule has 0 saturated carbocycles. The second kappa shape index (κ2) is 17.8. The first-order valence-corrected chi connectivity index (χ1v) is 12.2. The van der Waals surface area contributed by atoms with E-state index in [4.69, 9.17) is 9.11 Å². The Hall–Kier alpha value is -0.300. The number of hydrogen-bond acceptors (Lipinski definition) is 7. The zero-order chi connectivity index (χ0) is 21.2. The van der Waals surface area contributed by atoms with Crippen LogP contribution in [-0.2, 0) is 24.4 Å². The molecule has 0 aliphatic rings. The van der Waals surface area contributed by atoms with Gasteiger partial charge < -0.3 is 10.2 Å². The van der Waals surface area contributed by atoms with Crippen LogP contribution in [0.1, 0.15) is 71.1 Å². The normalized spacial score (nSPS) is 12.1. The van der Waals surface area contributed by atoms with Crippen molar-refractivity contribution in [2.24, 2.45) is 0 Å². The molecule has 0 rings (SSSR count). The Bertz CT molecular complexity index is 495. The number of nitrogens with one attached hydrogen (secondary N) is 1. The summed E-state index contributed by atoms with van der Waals surface area (Å²) in [6.07, 6.45) is 14.3. The fourth-order valence-corrected chi connectivity index (χ4v) is 3.26. The van der Waals surface area contributed by atoms with Crippen molar-refractivity contribution in [3.8, 4) is 0 Å². The summed E-state index contributed by atoms with van der Waals surface area (Å²) in [4.78, 5) is 2.43. The van der Waals surface area contributed by atoms with Gasteiger partial charge in [-0.25, -0.2) is 0 Å². The standard InChI is InChI=1S/C16H36N2.H2O7S2/c1-4-5-6-7-8-9-10-11-12-13-15-18(3)16-14-17-2;1-8(2,3)7-9(4,5)6/h17H,4-16H2,1-3H3;(H,1,2,3)(H,4,5,6). The second-order valence-corrected chi connectivity index (χ2v) is 8.77. The van der Waals surface area contributed by atoms with E-state index < -0.39 is 20.8 Å². The quantitative estimate of drug-likeness (QED) is 0.247. The summed E-state index contributed by atoms with van der Waals surface area (Å²) in [6, 6.07) is 0. The molecular formula is C16H38N2O7S2. The molecule has 0 radical (unpaired) electrons. The van der Waals surface area contributed by atoms with Gasteiger partial charge in [0.05, 0.1) is 0 Å². The molecule has 0 saturated heterocycles. The summed E-state index contributed by atoms with van der Waals surface area (Å²) in [7, 11) is -5.99. The molecule has 166 valence electrons. The molecule has 0 aromatic carbocycles. The Balaban J connectivity index is 0. The lowest BCUT2D eigenvalue weighted by molar-refractivity contribution is 0.325. The van der Waals surface area contributed by atoms with E-state index in [1.165, 1.54) is 77.3 Å². The first kappa shape index (κ1) is 28.9. The first-order chi connectivity index (χ1) is 12.5. The number of rotatable bonds is 16. The smallest absolute Gasteiger partial charge is 0.318 e. The van der Waals surface area contributed by atoms with Crippen molar-refractivity contribution in [2.75, 3.05) is 33.7 Å². The fraction of sp³-hybridized carbons (Fsp3) is 1.00. The molecule has 0 unspecified atom stereocenters. The van der Waals surface area contributed by atoms with E-state index >= 15 is 0 Å². The maximum Gasteiger partial charge on any atom is 0.413 e. The predicted molar refractivity (Wildman–Crippen MR) is 107 cm³/mol. The highest BCUT2D eigenvalue weighted by atomic mass is 32.3. The van der Waals surface area contributed by atoms with Gasteiger partial charge in [-0.1, -0.05) is 64.7 Å². The van der Waals surface area contributed by atoms with E-state index in [0.717, 1.165) is 6.54 Å². The molecule has 0 spiro atoms. The summed E-state index contributed by atoms with van der Waals surface area (Å²) >= 11 is 0. The van der Waals surface area contributed by atoms with Crippen molar-refractivity contribution in [3.63, 3.8) is 0 Å². The van der Waals surface area contributed by atoms with Gasteiger partial charge in [0.2, 0.25) is 0 Å². The molecule has 3 N–H and O–H groups in total. The lowest BCUT2D eigenvalue weighted by atomic mass is 10.1. The Morgan fingerprint density at radius 2 is 1.19 bits per heavy atom. The maximum atomic E-state index is 9.44. The molecule has 0 aliphatic heterocycles. The average molecular weight is 435 g/mol. The van der Waals surface area contributed by atoms with E-state index in [-0.39, 0.29) is 0 Å². The van der Waals surface area contributed by atoms with Crippen LogP contribution in [-0.4, -0.2) is 64.6 Å². The van der Waals surface area contributed by atoms with Crippen LogP contribution < -0.4 is 5.32 Å². The molecule has 0 bridgehead atoms. The highest BCUT2D eigenvalue weighted by molar-refractivity contribution is 7.94. The molecule has 0 amide bonds. The Morgan fingerprint density at radius 1 is 0.778 bits per heavy atom. The summed E-state index contributed by atoms with van der Waals surface area (Å²) < 4.78 is 55.6.